The van der Waals surface area contributed by atoms with Crippen molar-refractivity contribution in [1.29, 1.82) is 0 Å². The Hall–Kier alpha value is -0.120. The maximum atomic E-state index is 6.10. The lowest BCUT2D eigenvalue weighted by molar-refractivity contribution is 0.0884. The van der Waals surface area contributed by atoms with Gasteiger partial charge in [-0.3, -0.25) is 0 Å². The topological polar surface area (TPSA) is 41.3 Å². The highest BCUT2D eigenvalue weighted by Gasteiger charge is 2.38. The molecule has 0 aromatic rings. The van der Waals surface area contributed by atoms with Gasteiger partial charge in [0.2, 0.25) is 0 Å². The van der Waals surface area contributed by atoms with Crippen molar-refractivity contribution < 1.29 is 0 Å². The number of nitrogens with one attached hydrogen (secondary N) is 1. The van der Waals surface area contributed by atoms with E-state index in [0.717, 1.165) is 6.54 Å². The lowest BCUT2D eigenvalue weighted by Gasteiger charge is -2.42. The molecule has 0 aromatic carbocycles. The van der Waals surface area contributed by atoms with E-state index < -0.39 is 0 Å². The molecule has 1 unspecified atom stereocenters. The third-order valence-corrected chi connectivity index (χ3v) is 3.70. The van der Waals surface area contributed by atoms with E-state index in [1.54, 1.807) is 0 Å². The average molecular weight is 211 g/mol. The van der Waals surface area contributed by atoms with Crippen molar-refractivity contribution in [3.8, 4) is 0 Å². The van der Waals surface area contributed by atoms with Crippen LogP contribution in [0.15, 0.2) is 0 Å². The molecular formula is C12H25N3. The molecule has 0 aliphatic carbocycles. The lowest BCUT2D eigenvalue weighted by atomic mass is 9.79. The van der Waals surface area contributed by atoms with Crippen LogP contribution < -0.4 is 11.1 Å². The fraction of sp³-hybridized carbons (Fsp3) is 1.00. The fourth-order valence-electron chi connectivity index (χ4n) is 3.17. The van der Waals surface area contributed by atoms with Crippen molar-refractivity contribution in [3.05, 3.63) is 0 Å². The number of hydrogen-bond donors (Lipinski definition) is 2. The highest BCUT2D eigenvalue weighted by molar-refractivity contribution is 4.94. The monoisotopic (exact) mass is 211 g/mol. The Balaban J connectivity index is 1.92. The second-order valence-electron chi connectivity index (χ2n) is 6.23. The minimum Gasteiger partial charge on any atom is -0.324 e. The van der Waals surface area contributed by atoms with Crippen LogP contribution in [0.1, 0.15) is 33.1 Å². The summed E-state index contributed by atoms with van der Waals surface area (Å²) in [5.74, 6) is 0. The predicted octanol–water partition coefficient (Wildman–Crippen LogP) is 0.799. The molecule has 0 bridgehead atoms. The van der Waals surface area contributed by atoms with Crippen molar-refractivity contribution in [2.24, 2.45) is 11.1 Å². The van der Waals surface area contributed by atoms with Crippen LogP contribution in [0.2, 0.25) is 0 Å². The molecule has 3 nitrogen and oxygen atoms in total. The number of rotatable bonds is 2. The van der Waals surface area contributed by atoms with Crippen LogP contribution in [0.4, 0.5) is 0 Å². The Labute approximate surface area is 93.4 Å². The molecule has 3 heteroatoms. The minimum atomic E-state index is -0.0510. The van der Waals surface area contributed by atoms with Crippen LogP contribution in [0.5, 0.6) is 0 Å². The second-order valence-corrected chi connectivity index (χ2v) is 6.23. The molecule has 1 atom stereocenters. The van der Waals surface area contributed by atoms with Gasteiger partial charge in [0.15, 0.2) is 0 Å². The summed E-state index contributed by atoms with van der Waals surface area (Å²) in [7, 11) is 0. The molecule has 88 valence electrons. The van der Waals surface area contributed by atoms with E-state index in [9.17, 15) is 0 Å². The second kappa shape index (κ2) is 4.04. The standard InChI is InChI=1S/C12H25N3/c1-11(2,13)9-15-7-3-4-12(10-15)5-6-14-8-12/h14H,3-10,13H2,1-2H3. The Morgan fingerprint density at radius 1 is 1.40 bits per heavy atom. The lowest BCUT2D eigenvalue weighted by Crippen LogP contribution is -2.52. The molecule has 0 radical (unpaired) electrons. The molecule has 2 heterocycles. The molecule has 0 aromatic heterocycles. The summed E-state index contributed by atoms with van der Waals surface area (Å²) in [5, 5.41) is 3.51. The molecule has 2 saturated heterocycles. The maximum Gasteiger partial charge on any atom is 0.0226 e. The van der Waals surface area contributed by atoms with E-state index in [1.165, 1.54) is 45.4 Å². The zero-order valence-corrected chi connectivity index (χ0v) is 10.2. The normalized spacial score (nSPS) is 33.8. The van der Waals surface area contributed by atoms with E-state index in [2.05, 4.69) is 24.1 Å². The molecular weight excluding hydrogens is 186 g/mol. The summed E-state index contributed by atoms with van der Waals surface area (Å²) in [5.41, 5.74) is 6.62. The van der Waals surface area contributed by atoms with Gasteiger partial charge in [0.1, 0.15) is 0 Å². The molecule has 1 spiro atoms. The van der Waals surface area contributed by atoms with Crippen molar-refractivity contribution in [3.63, 3.8) is 0 Å². The van der Waals surface area contributed by atoms with Crippen LogP contribution in [0.3, 0.4) is 0 Å². The third kappa shape index (κ3) is 2.92. The molecule has 2 fully saturated rings. The van der Waals surface area contributed by atoms with Crippen molar-refractivity contribution in [2.45, 2.75) is 38.6 Å². The highest BCUT2D eigenvalue weighted by atomic mass is 15.2. The van der Waals surface area contributed by atoms with Gasteiger partial charge in [-0.2, -0.15) is 0 Å². The predicted molar refractivity (Wildman–Crippen MR) is 63.9 cm³/mol. The molecule has 0 saturated carbocycles. The molecule has 3 N–H and O–H groups in total. The summed E-state index contributed by atoms with van der Waals surface area (Å²) < 4.78 is 0. The largest absolute Gasteiger partial charge is 0.324 e. The van der Waals surface area contributed by atoms with Gasteiger partial charge in [0, 0.05) is 25.2 Å². The Bertz CT molecular complexity index is 213. The molecule has 0 amide bonds. The number of nitrogens with two attached hydrogens (primary N) is 1. The van der Waals surface area contributed by atoms with Crippen LogP contribution in [-0.2, 0) is 0 Å². The summed E-state index contributed by atoms with van der Waals surface area (Å²) in [6.45, 7) is 10.2. The van der Waals surface area contributed by atoms with Gasteiger partial charge < -0.3 is 16.0 Å². The van der Waals surface area contributed by atoms with Crippen molar-refractivity contribution in [1.82, 2.24) is 10.2 Å². The van der Waals surface area contributed by atoms with Gasteiger partial charge >= 0.3 is 0 Å². The van der Waals surface area contributed by atoms with E-state index >= 15 is 0 Å². The van der Waals surface area contributed by atoms with Gasteiger partial charge in [0.05, 0.1) is 0 Å². The van der Waals surface area contributed by atoms with Crippen LogP contribution in [-0.4, -0.2) is 43.2 Å². The first-order valence-corrected chi connectivity index (χ1v) is 6.21. The van der Waals surface area contributed by atoms with Gasteiger partial charge in [-0.05, 0) is 51.6 Å². The van der Waals surface area contributed by atoms with E-state index in [1.807, 2.05) is 0 Å². The molecule has 2 rings (SSSR count). The summed E-state index contributed by atoms with van der Waals surface area (Å²) in [6, 6.07) is 0. The molecule has 15 heavy (non-hydrogen) atoms. The van der Waals surface area contributed by atoms with E-state index in [0.29, 0.717) is 5.41 Å². The summed E-state index contributed by atoms with van der Waals surface area (Å²) >= 11 is 0. The number of piperidine rings is 1. The molecule has 2 aliphatic heterocycles. The van der Waals surface area contributed by atoms with Crippen molar-refractivity contribution >= 4 is 0 Å². The smallest absolute Gasteiger partial charge is 0.0226 e. The zero-order chi connectivity index (χ0) is 10.9. The first-order chi connectivity index (χ1) is 6.99. The first-order valence-electron chi connectivity index (χ1n) is 6.21. The van der Waals surface area contributed by atoms with Crippen LogP contribution in [0, 0.1) is 5.41 Å². The van der Waals surface area contributed by atoms with Crippen molar-refractivity contribution in [2.75, 3.05) is 32.7 Å². The molecule has 2 aliphatic rings. The highest BCUT2D eigenvalue weighted by Crippen LogP contribution is 2.35. The average Bonchev–Trinajstić information content (AvgIpc) is 2.50. The summed E-state index contributed by atoms with van der Waals surface area (Å²) in [6.07, 6.45) is 4.10. The van der Waals surface area contributed by atoms with Crippen LogP contribution >= 0.6 is 0 Å². The zero-order valence-electron chi connectivity index (χ0n) is 10.2. The Morgan fingerprint density at radius 3 is 2.80 bits per heavy atom. The Morgan fingerprint density at radius 2 is 2.20 bits per heavy atom. The maximum absolute atomic E-state index is 6.10. The van der Waals surface area contributed by atoms with E-state index in [-0.39, 0.29) is 5.54 Å². The number of hydrogen-bond acceptors (Lipinski definition) is 3. The number of likely N-dealkylation sites (tertiary alicyclic amines) is 1. The van der Waals surface area contributed by atoms with Gasteiger partial charge in [-0.1, -0.05) is 0 Å². The van der Waals surface area contributed by atoms with Gasteiger partial charge in [0.25, 0.3) is 0 Å². The van der Waals surface area contributed by atoms with E-state index in [4.69, 9.17) is 5.73 Å². The number of nitrogens with zero attached hydrogens (tertiary/aromatic N) is 1. The van der Waals surface area contributed by atoms with Gasteiger partial charge in [-0.15, -0.1) is 0 Å². The SMILES string of the molecule is CC(C)(N)CN1CCCC2(CCNC2)C1. The quantitative estimate of drug-likeness (QED) is 0.710. The summed E-state index contributed by atoms with van der Waals surface area (Å²) in [4.78, 5) is 2.57. The van der Waals surface area contributed by atoms with Crippen LogP contribution in [0.25, 0.3) is 0 Å². The van der Waals surface area contributed by atoms with Gasteiger partial charge in [-0.25, -0.2) is 0 Å². The third-order valence-electron chi connectivity index (χ3n) is 3.70. The fourth-order valence-corrected chi connectivity index (χ4v) is 3.17. The Kier molecular flexibility index (Phi) is 3.06. The first kappa shape index (κ1) is 11.4. The minimum absolute atomic E-state index is 0.0510.